The molecule has 0 fully saturated rings. The molecule has 0 saturated heterocycles. The Morgan fingerprint density at radius 3 is 2.42 bits per heavy atom. The average molecular weight is 291 g/mol. The topological polar surface area (TPSA) is 25.8 Å². The second-order valence-corrected chi connectivity index (χ2v) is 4.17. The maximum absolute atomic E-state index is 13.3. The van der Waals surface area contributed by atoms with Gasteiger partial charge in [0, 0.05) is 5.56 Å². The highest BCUT2D eigenvalue weighted by molar-refractivity contribution is 6.29. The van der Waals surface area contributed by atoms with Crippen LogP contribution >= 0.6 is 11.6 Å². The summed E-state index contributed by atoms with van der Waals surface area (Å²) < 4.78 is 51.0. The van der Waals surface area contributed by atoms with Crippen molar-refractivity contribution in [2.45, 2.75) is 13.1 Å². The molecule has 0 saturated carbocycles. The summed E-state index contributed by atoms with van der Waals surface area (Å²) in [5.41, 5.74) is -0.723. The van der Waals surface area contributed by atoms with Crippen LogP contribution in [-0.2, 0) is 6.18 Å². The van der Waals surface area contributed by atoms with E-state index in [2.05, 4.69) is 9.97 Å². The molecule has 2 aromatic rings. The molecule has 2 rings (SSSR count). The first-order valence-corrected chi connectivity index (χ1v) is 5.54. The van der Waals surface area contributed by atoms with Gasteiger partial charge in [0.05, 0.1) is 11.3 Å². The monoisotopic (exact) mass is 290 g/mol. The van der Waals surface area contributed by atoms with Crippen molar-refractivity contribution in [3.05, 3.63) is 46.5 Å². The summed E-state index contributed by atoms with van der Waals surface area (Å²) in [7, 11) is 0. The number of rotatable bonds is 1. The van der Waals surface area contributed by atoms with Gasteiger partial charge in [-0.1, -0.05) is 23.7 Å². The molecule has 0 aliphatic heterocycles. The van der Waals surface area contributed by atoms with Crippen LogP contribution in [0.1, 0.15) is 11.3 Å². The van der Waals surface area contributed by atoms with Gasteiger partial charge in [-0.3, -0.25) is 0 Å². The Balaban J connectivity index is 2.54. The molecule has 0 unspecified atom stereocenters. The van der Waals surface area contributed by atoms with Gasteiger partial charge in [-0.25, -0.2) is 14.4 Å². The van der Waals surface area contributed by atoms with Crippen LogP contribution in [0.4, 0.5) is 17.6 Å². The minimum absolute atomic E-state index is 0.0209. The Labute approximate surface area is 111 Å². The predicted molar refractivity (Wildman–Crippen MR) is 62.2 cm³/mol. The van der Waals surface area contributed by atoms with E-state index in [0.29, 0.717) is 0 Å². The number of alkyl halides is 3. The number of nitrogens with zero attached hydrogens (tertiary/aromatic N) is 2. The van der Waals surface area contributed by atoms with Gasteiger partial charge >= 0.3 is 6.18 Å². The minimum atomic E-state index is -4.46. The van der Waals surface area contributed by atoms with Crippen molar-refractivity contribution in [3.8, 4) is 11.4 Å². The van der Waals surface area contributed by atoms with E-state index in [9.17, 15) is 17.6 Å². The lowest BCUT2D eigenvalue weighted by Gasteiger charge is -2.08. The first kappa shape index (κ1) is 13.7. The van der Waals surface area contributed by atoms with Crippen LogP contribution in [0.25, 0.3) is 11.4 Å². The third-order valence-corrected chi connectivity index (χ3v) is 2.67. The van der Waals surface area contributed by atoms with Crippen LogP contribution in [0.5, 0.6) is 0 Å². The summed E-state index contributed by atoms with van der Waals surface area (Å²) >= 11 is 5.55. The summed E-state index contributed by atoms with van der Waals surface area (Å²) in [6, 6.07) is 4.46. The molecule has 0 aliphatic rings. The molecule has 19 heavy (non-hydrogen) atoms. The predicted octanol–water partition coefficient (Wildman–Crippen LogP) is 4.26. The zero-order valence-corrected chi connectivity index (χ0v) is 10.3. The van der Waals surface area contributed by atoms with Gasteiger partial charge in [0.15, 0.2) is 16.8 Å². The van der Waals surface area contributed by atoms with Crippen molar-refractivity contribution < 1.29 is 17.6 Å². The molecule has 1 heterocycles. The molecule has 1 aromatic heterocycles. The summed E-state index contributed by atoms with van der Waals surface area (Å²) in [6.07, 6.45) is -4.46. The third kappa shape index (κ3) is 2.84. The van der Waals surface area contributed by atoms with Crippen LogP contribution in [0, 0.1) is 12.7 Å². The molecular weight excluding hydrogens is 284 g/mol. The van der Waals surface area contributed by atoms with Crippen molar-refractivity contribution in [3.63, 3.8) is 0 Å². The zero-order chi connectivity index (χ0) is 14.2. The Morgan fingerprint density at radius 2 is 1.84 bits per heavy atom. The van der Waals surface area contributed by atoms with Crippen LogP contribution in [0.3, 0.4) is 0 Å². The van der Waals surface area contributed by atoms with Crippen LogP contribution in [-0.4, -0.2) is 9.97 Å². The summed E-state index contributed by atoms with van der Waals surface area (Å²) in [5, 5.41) is -0.417. The van der Waals surface area contributed by atoms with E-state index >= 15 is 0 Å². The van der Waals surface area contributed by atoms with Gasteiger partial charge in [-0.15, -0.1) is 0 Å². The number of hydrogen-bond acceptors (Lipinski definition) is 2. The van der Waals surface area contributed by atoms with Gasteiger partial charge in [0.25, 0.3) is 0 Å². The molecule has 0 spiro atoms. The van der Waals surface area contributed by atoms with Crippen molar-refractivity contribution in [1.82, 2.24) is 9.97 Å². The van der Waals surface area contributed by atoms with Gasteiger partial charge in [0.1, 0.15) is 0 Å². The first-order valence-electron chi connectivity index (χ1n) is 5.16. The fourth-order valence-corrected chi connectivity index (χ4v) is 1.70. The molecule has 0 bridgehead atoms. The fraction of sp³-hybridized carbons (Fsp3) is 0.167. The van der Waals surface area contributed by atoms with E-state index in [0.717, 1.165) is 12.1 Å². The lowest BCUT2D eigenvalue weighted by Crippen LogP contribution is -2.05. The van der Waals surface area contributed by atoms with Gasteiger partial charge < -0.3 is 0 Å². The number of hydrogen-bond donors (Lipinski definition) is 0. The molecule has 0 aliphatic carbocycles. The lowest BCUT2D eigenvalue weighted by molar-refractivity contribution is -0.137. The third-order valence-electron chi connectivity index (χ3n) is 2.42. The normalized spacial score (nSPS) is 11.7. The van der Waals surface area contributed by atoms with E-state index < -0.39 is 22.7 Å². The Bertz CT molecular complexity index is 602. The SMILES string of the molecule is Cc1nc(-c2cccc(C(F)(F)F)c2)nc(Cl)c1F. The molecule has 0 atom stereocenters. The van der Waals surface area contributed by atoms with E-state index in [1.54, 1.807) is 0 Å². The van der Waals surface area contributed by atoms with Crippen molar-refractivity contribution in [2.75, 3.05) is 0 Å². The average Bonchev–Trinajstić information content (AvgIpc) is 2.34. The fourth-order valence-electron chi connectivity index (χ4n) is 1.49. The van der Waals surface area contributed by atoms with E-state index in [4.69, 9.17) is 11.6 Å². The number of benzene rings is 1. The standard InChI is InChI=1S/C12H7ClF4N2/c1-6-9(14)10(13)19-11(18-6)7-3-2-4-8(5-7)12(15,16)17/h2-5H,1H3. The van der Waals surface area contributed by atoms with Gasteiger partial charge in [-0.05, 0) is 19.1 Å². The molecular formula is C12H7ClF4N2. The summed E-state index contributed by atoms with van der Waals surface area (Å²) in [5.74, 6) is -0.826. The van der Waals surface area contributed by atoms with Crippen LogP contribution < -0.4 is 0 Å². The quantitative estimate of drug-likeness (QED) is 0.579. The lowest BCUT2D eigenvalue weighted by atomic mass is 10.1. The smallest absolute Gasteiger partial charge is 0.230 e. The van der Waals surface area contributed by atoms with E-state index in [-0.39, 0.29) is 17.1 Å². The van der Waals surface area contributed by atoms with Crippen LogP contribution in [0.2, 0.25) is 5.15 Å². The molecule has 0 amide bonds. The summed E-state index contributed by atoms with van der Waals surface area (Å²) in [6.45, 7) is 1.36. The Hall–Kier alpha value is -1.69. The maximum atomic E-state index is 13.3. The molecule has 100 valence electrons. The van der Waals surface area contributed by atoms with E-state index in [1.807, 2.05) is 0 Å². The van der Waals surface area contributed by atoms with E-state index in [1.165, 1.54) is 19.1 Å². The Morgan fingerprint density at radius 1 is 1.16 bits per heavy atom. The van der Waals surface area contributed by atoms with Crippen molar-refractivity contribution >= 4 is 11.6 Å². The second-order valence-electron chi connectivity index (χ2n) is 3.82. The molecule has 1 aromatic carbocycles. The number of aryl methyl sites for hydroxylation is 1. The van der Waals surface area contributed by atoms with Gasteiger partial charge in [-0.2, -0.15) is 13.2 Å². The number of aromatic nitrogens is 2. The highest BCUT2D eigenvalue weighted by Crippen LogP contribution is 2.31. The van der Waals surface area contributed by atoms with Crippen molar-refractivity contribution in [2.24, 2.45) is 0 Å². The molecule has 0 N–H and O–H groups in total. The number of halogens is 5. The maximum Gasteiger partial charge on any atom is 0.416 e. The minimum Gasteiger partial charge on any atom is -0.230 e. The largest absolute Gasteiger partial charge is 0.416 e. The molecule has 2 nitrogen and oxygen atoms in total. The highest BCUT2D eigenvalue weighted by atomic mass is 35.5. The van der Waals surface area contributed by atoms with Crippen molar-refractivity contribution in [1.29, 1.82) is 0 Å². The van der Waals surface area contributed by atoms with Crippen LogP contribution in [0.15, 0.2) is 24.3 Å². The highest BCUT2D eigenvalue weighted by Gasteiger charge is 2.30. The van der Waals surface area contributed by atoms with Gasteiger partial charge in [0.2, 0.25) is 0 Å². The zero-order valence-electron chi connectivity index (χ0n) is 9.59. The molecule has 0 radical (unpaired) electrons. The molecule has 7 heteroatoms. The Kier molecular flexibility index (Phi) is 3.45. The first-order chi connectivity index (χ1) is 8.79. The summed E-state index contributed by atoms with van der Waals surface area (Å²) in [4.78, 5) is 7.43. The second kappa shape index (κ2) is 4.77.